The molecule has 0 aliphatic rings. The van der Waals surface area contributed by atoms with Gasteiger partial charge in [0.05, 0.1) is 29.8 Å². The molecule has 2 aromatic heterocycles. The van der Waals surface area contributed by atoms with E-state index >= 15 is 0 Å². The summed E-state index contributed by atoms with van der Waals surface area (Å²) in [4.78, 5) is 32.6. The molecule has 0 aliphatic heterocycles. The topological polar surface area (TPSA) is 137 Å². The smallest absolute Gasteiger partial charge is 0.423 e. The van der Waals surface area contributed by atoms with Crippen LogP contribution in [0.15, 0.2) is 41.7 Å². The number of carbonyl (C=O) groups excluding carboxylic acids is 1. The maximum atomic E-state index is 14.8. The number of hydrogen-bond donors (Lipinski definition) is 2. The summed E-state index contributed by atoms with van der Waals surface area (Å²) in [6, 6.07) is 3.36. The molecule has 2 heterocycles. The van der Waals surface area contributed by atoms with Crippen LogP contribution in [0.5, 0.6) is 5.75 Å². The van der Waals surface area contributed by atoms with Crippen LogP contribution < -0.4 is 15.6 Å². The number of nitrogens with one attached hydrogen (secondary N) is 2. The fourth-order valence-electron chi connectivity index (χ4n) is 3.82. The summed E-state index contributed by atoms with van der Waals surface area (Å²) in [5.74, 6) is -0.540. The zero-order valence-electron chi connectivity index (χ0n) is 21.7. The lowest BCUT2D eigenvalue weighted by atomic mass is 10.0. The molecule has 0 saturated carbocycles. The quantitative estimate of drug-likeness (QED) is 0.239. The number of hydrogen-bond acceptors (Lipinski definition) is 9. The van der Waals surface area contributed by atoms with Gasteiger partial charge in [0.25, 0.3) is 5.56 Å². The first-order valence-electron chi connectivity index (χ1n) is 12.0. The zero-order valence-corrected chi connectivity index (χ0v) is 21.7. The molecule has 10 nitrogen and oxygen atoms in total. The summed E-state index contributed by atoms with van der Waals surface area (Å²) < 4.78 is 74.2. The summed E-state index contributed by atoms with van der Waals surface area (Å²) in [6.45, 7) is 1.08. The number of benzene rings is 1. The van der Waals surface area contributed by atoms with E-state index in [4.69, 9.17) is 10.00 Å². The highest BCUT2D eigenvalue weighted by Crippen LogP contribution is 2.32. The highest BCUT2D eigenvalue weighted by molar-refractivity contribution is 5.84. The number of halogens is 5. The predicted octanol–water partition coefficient (Wildman–Crippen LogP) is 4.23. The Kier molecular flexibility index (Phi) is 10.1. The number of aromatic nitrogens is 4. The number of carbonyl (C=O) groups is 1. The zero-order chi connectivity index (χ0) is 30.2. The van der Waals surface area contributed by atoms with Crippen LogP contribution in [-0.2, 0) is 6.18 Å². The molecule has 15 heteroatoms. The van der Waals surface area contributed by atoms with Gasteiger partial charge in [-0.15, -0.1) is 0 Å². The number of ether oxygens (including phenoxy) is 1. The average Bonchev–Trinajstić information content (AvgIpc) is 2.90. The Balaban J connectivity index is 1.68. The fourth-order valence-corrected chi connectivity index (χ4v) is 3.82. The Morgan fingerprint density at radius 2 is 1.93 bits per heavy atom. The first-order valence-corrected chi connectivity index (χ1v) is 12.0. The number of anilines is 1. The number of aldehydes is 1. The third kappa shape index (κ3) is 8.31. The molecule has 0 radical (unpaired) electrons. The van der Waals surface area contributed by atoms with Crippen LogP contribution in [0.2, 0.25) is 0 Å². The second kappa shape index (κ2) is 13.5. The van der Waals surface area contributed by atoms with Crippen molar-refractivity contribution in [3.05, 3.63) is 69.8 Å². The van der Waals surface area contributed by atoms with E-state index < -0.39 is 41.0 Å². The molecule has 41 heavy (non-hydrogen) atoms. The van der Waals surface area contributed by atoms with E-state index in [-0.39, 0.29) is 42.3 Å². The third-order valence-corrected chi connectivity index (χ3v) is 5.62. The Bertz CT molecular complexity index is 1490. The van der Waals surface area contributed by atoms with Crippen molar-refractivity contribution in [2.24, 2.45) is 0 Å². The normalized spacial score (nSPS) is 12.9. The highest BCUT2D eigenvalue weighted by Gasteiger charge is 2.37. The van der Waals surface area contributed by atoms with E-state index in [0.717, 1.165) is 12.3 Å². The molecule has 0 amide bonds. The Labute approximate surface area is 230 Å². The predicted molar refractivity (Wildman–Crippen MR) is 138 cm³/mol. The van der Waals surface area contributed by atoms with Crippen LogP contribution in [0.25, 0.3) is 17.5 Å². The molecule has 3 rings (SSSR count). The molecule has 2 unspecified atom stereocenters. The molecule has 216 valence electrons. The van der Waals surface area contributed by atoms with Crippen LogP contribution in [0, 0.1) is 17.1 Å². The van der Waals surface area contributed by atoms with E-state index in [1.165, 1.54) is 49.6 Å². The van der Waals surface area contributed by atoms with E-state index in [1.54, 1.807) is 11.2 Å². The molecular formula is C26H24F5N7O3. The molecule has 2 atom stereocenters. The van der Waals surface area contributed by atoms with Gasteiger partial charge in [0.2, 0.25) is 0 Å². The molecule has 0 aliphatic carbocycles. The van der Waals surface area contributed by atoms with Crippen molar-refractivity contribution >= 4 is 18.0 Å². The number of nitrogens with zero attached hydrogens (tertiary/aromatic N) is 5. The van der Waals surface area contributed by atoms with Gasteiger partial charge in [0.15, 0.2) is 24.5 Å². The molecule has 2 N–H and O–H groups in total. The van der Waals surface area contributed by atoms with E-state index in [9.17, 15) is 31.5 Å². The lowest BCUT2D eigenvalue weighted by Gasteiger charge is -2.22. The van der Waals surface area contributed by atoms with Crippen LogP contribution >= 0.6 is 0 Å². The first-order chi connectivity index (χ1) is 19.4. The SMILES string of the molecule is CC(CC(F)CN(C)/C=C\c1cc(-c2ncc(OCC#N)cn2)c(F)cc1C=O)Nc1cn[nH]c(=O)c1C(F)(F)F. The van der Waals surface area contributed by atoms with Crippen molar-refractivity contribution in [3.63, 3.8) is 0 Å². The van der Waals surface area contributed by atoms with E-state index in [2.05, 4.69) is 20.4 Å². The number of H-pyrrole nitrogens is 1. The van der Waals surface area contributed by atoms with Crippen molar-refractivity contribution in [2.75, 3.05) is 25.5 Å². The molecule has 1 aromatic carbocycles. The minimum Gasteiger partial charge on any atom is -0.476 e. The first kappa shape index (κ1) is 30.7. The molecule has 0 spiro atoms. The number of nitriles is 1. The summed E-state index contributed by atoms with van der Waals surface area (Å²) in [7, 11) is 1.54. The summed E-state index contributed by atoms with van der Waals surface area (Å²) in [5, 5.41) is 16.2. The minimum atomic E-state index is -4.93. The van der Waals surface area contributed by atoms with Gasteiger partial charge in [-0.1, -0.05) is 0 Å². The number of aromatic amines is 1. The lowest BCUT2D eigenvalue weighted by molar-refractivity contribution is -0.138. The lowest BCUT2D eigenvalue weighted by Crippen LogP contribution is -2.30. The van der Waals surface area contributed by atoms with Gasteiger partial charge in [-0.2, -0.15) is 23.5 Å². The minimum absolute atomic E-state index is 0.00172. The van der Waals surface area contributed by atoms with Gasteiger partial charge in [0.1, 0.15) is 23.6 Å². The van der Waals surface area contributed by atoms with Gasteiger partial charge in [0, 0.05) is 31.6 Å². The van der Waals surface area contributed by atoms with Crippen LogP contribution in [0.4, 0.5) is 27.6 Å². The van der Waals surface area contributed by atoms with E-state index in [1.807, 2.05) is 0 Å². The maximum absolute atomic E-state index is 14.8. The monoisotopic (exact) mass is 577 g/mol. The van der Waals surface area contributed by atoms with Crippen molar-refractivity contribution in [1.29, 1.82) is 5.26 Å². The van der Waals surface area contributed by atoms with Crippen LogP contribution in [-0.4, -0.2) is 63.8 Å². The summed E-state index contributed by atoms with van der Waals surface area (Å²) in [5.41, 5.74) is -3.12. The largest absolute Gasteiger partial charge is 0.476 e. The second-order valence-corrected chi connectivity index (χ2v) is 8.89. The fraction of sp³-hybridized carbons (Fsp3) is 0.308. The third-order valence-electron chi connectivity index (χ3n) is 5.62. The molecule has 0 bridgehead atoms. The number of alkyl halides is 4. The van der Waals surface area contributed by atoms with E-state index in [0.29, 0.717) is 11.8 Å². The highest BCUT2D eigenvalue weighted by atomic mass is 19.4. The van der Waals surface area contributed by atoms with Crippen molar-refractivity contribution < 1.29 is 31.5 Å². The standard InChI is InChI=1S/C26H24F5N7O3/c1-15(36-22-12-35-37-25(40)23(22)26(29,30)31)7-18(27)13-38(2)5-3-16-8-20(21(28)9-17(16)14-39)24-33-10-19(11-34-24)41-6-4-32/h3,5,8-12,14-15,18H,6-7,13H2,1-2H3,(H2,36,37,40)/b5-3-. The van der Waals surface area contributed by atoms with Crippen molar-refractivity contribution in [2.45, 2.75) is 31.7 Å². The molecule has 0 saturated heterocycles. The van der Waals surface area contributed by atoms with Gasteiger partial charge >= 0.3 is 6.18 Å². The Morgan fingerprint density at radius 1 is 1.22 bits per heavy atom. The number of rotatable bonds is 12. The molecule has 3 aromatic rings. The van der Waals surface area contributed by atoms with Crippen LogP contribution in [0.3, 0.4) is 0 Å². The van der Waals surface area contributed by atoms with Gasteiger partial charge in [-0.05, 0) is 36.9 Å². The maximum Gasteiger partial charge on any atom is 0.423 e. The van der Waals surface area contributed by atoms with Gasteiger partial charge in [-0.25, -0.2) is 23.8 Å². The molecule has 0 fully saturated rings. The van der Waals surface area contributed by atoms with Gasteiger partial charge in [-0.3, -0.25) is 9.59 Å². The van der Waals surface area contributed by atoms with Crippen molar-refractivity contribution in [3.8, 4) is 23.2 Å². The Morgan fingerprint density at radius 3 is 2.56 bits per heavy atom. The summed E-state index contributed by atoms with van der Waals surface area (Å²) >= 11 is 0. The summed E-state index contributed by atoms with van der Waals surface area (Å²) in [6.07, 6.45) is 0.0890. The second-order valence-electron chi connectivity index (χ2n) is 8.89. The van der Waals surface area contributed by atoms with Crippen molar-refractivity contribution in [1.82, 2.24) is 25.1 Å². The Hall–Kier alpha value is -4.87. The van der Waals surface area contributed by atoms with Crippen LogP contribution in [0.1, 0.15) is 34.8 Å². The average molecular weight is 578 g/mol. The molecular weight excluding hydrogens is 553 g/mol. The van der Waals surface area contributed by atoms with Gasteiger partial charge < -0.3 is 15.0 Å².